The Labute approximate surface area is 80.3 Å². The van der Waals surface area contributed by atoms with Gasteiger partial charge >= 0.3 is 0 Å². The molecule has 1 saturated carbocycles. The van der Waals surface area contributed by atoms with E-state index in [1.807, 2.05) is 0 Å². The largest absolute Gasteiger partial charge is 0.303 e. The first-order chi connectivity index (χ1) is 6.03. The third kappa shape index (κ3) is 1.61. The Morgan fingerprint density at radius 2 is 2.00 bits per heavy atom. The maximum absolute atomic E-state index is 13.8. The molecule has 2 fully saturated rings. The van der Waals surface area contributed by atoms with Crippen molar-refractivity contribution < 1.29 is 4.39 Å². The molecule has 0 spiro atoms. The van der Waals surface area contributed by atoms with Crippen LogP contribution in [0.2, 0.25) is 0 Å². The first-order valence-corrected chi connectivity index (χ1v) is 5.42. The van der Waals surface area contributed by atoms with Crippen LogP contribution in [0.5, 0.6) is 0 Å². The van der Waals surface area contributed by atoms with Gasteiger partial charge in [-0.25, -0.2) is 4.39 Å². The summed E-state index contributed by atoms with van der Waals surface area (Å²) in [5.41, 5.74) is -0.766. The number of hydrogen-bond acceptors (Lipinski definition) is 1. The van der Waals surface area contributed by atoms with Gasteiger partial charge in [0, 0.05) is 18.5 Å². The van der Waals surface area contributed by atoms with Crippen molar-refractivity contribution in [2.24, 2.45) is 11.8 Å². The second-order valence-corrected chi connectivity index (χ2v) is 5.22. The van der Waals surface area contributed by atoms with E-state index in [0.717, 1.165) is 25.8 Å². The summed E-state index contributed by atoms with van der Waals surface area (Å²) in [4.78, 5) is 2.34. The van der Waals surface area contributed by atoms with Gasteiger partial charge in [-0.1, -0.05) is 13.8 Å². The molecule has 76 valence electrons. The van der Waals surface area contributed by atoms with Crippen LogP contribution in [0.1, 0.15) is 33.1 Å². The Morgan fingerprint density at radius 1 is 1.38 bits per heavy atom. The number of hydrogen-bond donors (Lipinski definition) is 0. The van der Waals surface area contributed by atoms with Crippen LogP contribution < -0.4 is 0 Å². The van der Waals surface area contributed by atoms with E-state index in [0.29, 0.717) is 17.9 Å². The average Bonchev–Trinajstić information content (AvgIpc) is 2.63. The third-order valence-electron chi connectivity index (χ3n) is 3.83. The second-order valence-electron chi connectivity index (χ2n) is 5.22. The first-order valence-electron chi connectivity index (χ1n) is 5.42. The summed E-state index contributed by atoms with van der Waals surface area (Å²) in [6.45, 7) is 5.45. The van der Waals surface area contributed by atoms with Crippen molar-refractivity contribution >= 4 is 0 Å². The third-order valence-corrected chi connectivity index (χ3v) is 3.83. The van der Waals surface area contributed by atoms with Crippen molar-refractivity contribution in [3.63, 3.8) is 0 Å². The minimum atomic E-state index is -0.766. The fourth-order valence-electron chi connectivity index (χ4n) is 2.71. The molecule has 1 nitrogen and oxygen atoms in total. The molecule has 1 aliphatic heterocycles. The Hall–Kier alpha value is -0.110. The molecule has 0 amide bonds. The molecule has 2 heteroatoms. The van der Waals surface area contributed by atoms with Crippen LogP contribution in [0.25, 0.3) is 0 Å². The smallest absolute Gasteiger partial charge is 0.115 e. The highest BCUT2D eigenvalue weighted by Crippen LogP contribution is 2.51. The summed E-state index contributed by atoms with van der Waals surface area (Å²) in [6.07, 6.45) is 2.71. The van der Waals surface area contributed by atoms with Gasteiger partial charge in [0.1, 0.15) is 5.67 Å². The Kier molecular flexibility index (Phi) is 2.14. The van der Waals surface area contributed by atoms with Crippen LogP contribution in [0.4, 0.5) is 4.39 Å². The van der Waals surface area contributed by atoms with Crippen molar-refractivity contribution in [3.8, 4) is 0 Å². The van der Waals surface area contributed by atoms with Crippen LogP contribution in [0.3, 0.4) is 0 Å². The molecule has 0 aromatic rings. The lowest BCUT2D eigenvalue weighted by Crippen LogP contribution is -2.29. The molecule has 13 heavy (non-hydrogen) atoms. The normalized spacial score (nSPS) is 38.5. The van der Waals surface area contributed by atoms with Gasteiger partial charge in [0.15, 0.2) is 0 Å². The van der Waals surface area contributed by atoms with Crippen LogP contribution in [-0.2, 0) is 0 Å². The predicted octanol–water partition coefficient (Wildman–Crippen LogP) is 2.46. The minimum absolute atomic E-state index is 0.324. The molecular formula is C11H20FN. The molecule has 1 aliphatic carbocycles. The van der Waals surface area contributed by atoms with E-state index in [-0.39, 0.29) is 0 Å². The van der Waals surface area contributed by atoms with Crippen molar-refractivity contribution in [1.82, 2.24) is 4.90 Å². The van der Waals surface area contributed by atoms with E-state index in [1.165, 1.54) is 0 Å². The van der Waals surface area contributed by atoms with Crippen molar-refractivity contribution in [2.45, 2.75) is 44.8 Å². The van der Waals surface area contributed by atoms with Crippen LogP contribution in [0.15, 0.2) is 0 Å². The number of nitrogens with zero attached hydrogens (tertiary/aromatic N) is 1. The lowest BCUT2D eigenvalue weighted by Gasteiger charge is -2.22. The maximum Gasteiger partial charge on any atom is 0.115 e. The molecule has 0 bridgehead atoms. The number of likely N-dealkylation sites (tertiary alicyclic amines) is 1. The van der Waals surface area contributed by atoms with Crippen LogP contribution >= 0.6 is 0 Å². The van der Waals surface area contributed by atoms with Gasteiger partial charge in [0.2, 0.25) is 0 Å². The van der Waals surface area contributed by atoms with Crippen molar-refractivity contribution in [3.05, 3.63) is 0 Å². The fourth-order valence-corrected chi connectivity index (χ4v) is 2.71. The average molecular weight is 185 g/mol. The predicted molar refractivity (Wildman–Crippen MR) is 52.4 cm³/mol. The summed E-state index contributed by atoms with van der Waals surface area (Å²) >= 11 is 0. The molecule has 0 unspecified atom stereocenters. The van der Waals surface area contributed by atoms with E-state index in [9.17, 15) is 4.39 Å². The van der Waals surface area contributed by atoms with Gasteiger partial charge in [-0.15, -0.1) is 0 Å². The lowest BCUT2D eigenvalue weighted by molar-refractivity contribution is 0.203. The summed E-state index contributed by atoms with van der Waals surface area (Å²) in [5, 5.41) is 0. The summed E-state index contributed by atoms with van der Waals surface area (Å²) in [5.74, 6) is 0.988. The highest BCUT2D eigenvalue weighted by Gasteiger charge is 2.53. The monoisotopic (exact) mass is 185 g/mol. The van der Waals surface area contributed by atoms with Gasteiger partial charge in [0.05, 0.1) is 0 Å². The molecule has 0 radical (unpaired) electrons. The van der Waals surface area contributed by atoms with E-state index in [1.54, 1.807) is 0 Å². The molecule has 2 atom stereocenters. The molecule has 0 N–H and O–H groups in total. The van der Waals surface area contributed by atoms with Gasteiger partial charge in [-0.3, -0.25) is 0 Å². The maximum atomic E-state index is 13.8. The molecule has 1 saturated heterocycles. The summed E-state index contributed by atoms with van der Waals surface area (Å²) in [6, 6.07) is 0.609. The van der Waals surface area contributed by atoms with E-state index < -0.39 is 5.67 Å². The highest BCUT2D eigenvalue weighted by molar-refractivity contribution is 5.05. The molecule has 0 aromatic carbocycles. The van der Waals surface area contributed by atoms with Gasteiger partial charge in [-0.05, 0) is 32.2 Å². The highest BCUT2D eigenvalue weighted by atomic mass is 19.1. The lowest BCUT2D eigenvalue weighted by atomic mass is 9.93. The second kappa shape index (κ2) is 2.94. The Balaban J connectivity index is 1.98. The Morgan fingerprint density at radius 3 is 2.38 bits per heavy atom. The summed E-state index contributed by atoms with van der Waals surface area (Å²) < 4.78 is 13.8. The van der Waals surface area contributed by atoms with E-state index in [2.05, 4.69) is 25.8 Å². The zero-order valence-corrected chi connectivity index (χ0v) is 8.89. The van der Waals surface area contributed by atoms with Gasteiger partial charge in [-0.2, -0.15) is 0 Å². The molecule has 2 aliphatic rings. The topological polar surface area (TPSA) is 3.24 Å². The zero-order valence-electron chi connectivity index (χ0n) is 8.89. The zero-order chi connectivity index (χ0) is 9.64. The van der Waals surface area contributed by atoms with E-state index >= 15 is 0 Å². The summed E-state index contributed by atoms with van der Waals surface area (Å²) in [7, 11) is 2.14. The quantitative estimate of drug-likeness (QED) is 0.639. The van der Waals surface area contributed by atoms with Crippen molar-refractivity contribution in [1.29, 1.82) is 0 Å². The standard InChI is InChI=1S/C11H20FN/c1-8(2)10-6-9(7-13(10)3)11(12)4-5-11/h8-10H,4-7H2,1-3H3/t9-,10+/m0/s1. The molecule has 2 rings (SSSR count). The molecule has 0 aromatic heterocycles. The van der Waals surface area contributed by atoms with Crippen LogP contribution in [0, 0.1) is 11.8 Å². The number of rotatable bonds is 2. The number of alkyl halides is 1. The minimum Gasteiger partial charge on any atom is -0.303 e. The Bertz CT molecular complexity index is 198. The van der Waals surface area contributed by atoms with Gasteiger partial charge < -0.3 is 4.90 Å². The van der Waals surface area contributed by atoms with Gasteiger partial charge in [0.25, 0.3) is 0 Å². The molecular weight excluding hydrogens is 165 g/mol. The van der Waals surface area contributed by atoms with Crippen LogP contribution in [-0.4, -0.2) is 30.2 Å². The first kappa shape index (κ1) is 9.45. The molecule has 1 heterocycles. The number of halogens is 1. The van der Waals surface area contributed by atoms with Crippen molar-refractivity contribution in [2.75, 3.05) is 13.6 Å². The van der Waals surface area contributed by atoms with E-state index in [4.69, 9.17) is 0 Å². The SMILES string of the molecule is CC(C)[C@H]1C[C@H](C2(F)CC2)CN1C. The fraction of sp³-hybridized carbons (Fsp3) is 1.00.